The molecule has 4 aliphatic rings. The average Bonchev–Trinajstić information content (AvgIpc) is 4.40. The molecule has 4 saturated heterocycles. The van der Waals surface area contributed by atoms with Gasteiger partial charge >= 0.3 is 30.4 Å². The van der Waals surface area contributed by atoms with Crippen molar-refractivity contribution in [3.63, 3.8) is 0 Å². The molecule has 0 saturated carbocycles. The van der Waals surface area contributed by atoms with Crippen LogP contribution in [0.5, 0.6) is 5.75 Å². The molecular weight excluding hydrogens is 1170 g/mol. The number of carbonyl (C=O) groups is 1. The van der Waals surface area contributed by atoms with Crippen molar-refractivity contribution in [3.8, 4) is 27.8 Å². The highest BCUT2D eigenvalue weighted by molar-refractivity contribution is 8.13. The maximum Gasteiger partial charge on any atom is 0.353 e. The van der Waals surface area contributed by atoms with Crippen LogP contribution >= 0.6 is 53.5 Å². The van der Waals surface area contributed by atoms with Crippen LogP contribution in [0.25, 0.3) is 22.0 Å². The van der Waals surface area contributed by atoms with E-state index in [0.29, 0.717) is 61.2 Å². The number of ether oxygens (including phenoxy) is 1. The molecule has 0 bridgehead atoms. The van der Waals surface area contributed by atoms with Crippen LogP contribution in [0.1, 0.15) is 100 Å². The molecule has 81 heavy (non-hydrogen) atoms. The largest absolute Gasteiger partial charge is 0.490 e. The average molecular weight is 1240 g/mol. The third-order valence-electron chi connectivity index (χ3n) is 14.5. The number of aryl methyl sites for hydroxylation is 4. The number of oxazole rings is 1. The maximum absolute atomic E-state index is 15.0. The second-order valence-corrected chi connectivity index (χ2v) is 32.5. The van der Waals surface area contributed by atoms with Gasteiger partial charge in [0.1, 0.15) is 16.6 Å². The minimum Gasteiger partial charge on any atom is -0.490 e. The molecule has 0 N–H and O–H groups in total. The lowest BCUT2D eigenvalue weighted by atomic mass is 10.1. The molecule has 4 aromatic heterocycles. The van der Waals surface area contributed by atoms with Gasteiger partial charge in [-0.05, 0) is 152 Å². The molecule has 4 aliphatic heterocycles. The maximum atomic E-state index is 15.0. The van der Waals surface area contributed by atoms with E-state index < -0.39 is 76.2 Å². The molecule has 0 spiro atoms. The highest BCUT2D eigenvalue weighted by Gasteiger charge is 2.69. The Morgan fingerprint density at radius 3 is 1.69 bits per heavy atom. The van der Waals surface area contributed by atoms with Crippen molar-refractivity contribution in [1.29, 1.82) is 0 Å². The monoisotopic (exact) mass is 1230 g/mol. The predicted octanol–water partition coefficient (Wildman–Crippen LogP) is 14.7. The Morgan fingerprint density at radius 1 is 0.654 bits per heavy atom. The van der Waals surface area contributed by atoms with Crippen LogP contribution in [0.3, 0.4) is 0 Å². The summed E-state index contributed by atoms with van der Waals surface area (Å²) in [4.78, 5) is 27.6. The molecule has 4 atom stereocenters. The molecule has 4 unspecified atom stereocenters. The smallest absolute Gasteiger partial charge is 0.353 e. The van der Waals surface area contributed by atoms with E-state index in [-0.39, 0.29) is 66.3 Å². The van der Waals surface area contributed by atoms with E-state index in [1.807, 2.05) is 19.1 Å². The van der Waals surface area contributed by atoms with Crippen molar-refractivity contribution < 1.29 is 77.2 Å². The Morgan fingerprint density at radius 2 is 1.15 bits per heavy atom. The quantitative estimate of drug-likeness (QED) is 0.0469. The van der Waals surface area contributed by atoms with Gasteiger partial charge in [0.05, 0.1) is 73.7 Å². The molecule has 27 heteroatoms. The Hall–Kier alpha value is -4.14. The number of rotatable bonds is 17. The first-order chi connectivity index (χ1) is 38.5. The third kappa shape index (κ3) is 12.5. The van der Waals surface area contributed by atoms with Crippen LogP contribution in [-0.2, 0) is 81.9 Å². The zero-order valence-electron chi connectivity index (χ0n) is 45.9. The lowest BCUT2D eigenvalue weighted by molar-refractivity contribution is -0.111. The molecule has 4 fully saturated rings. The summed E-state index contributed by atoms with van der Waals surface area (Å²) in [7, 11) is -16.5. The van der Waals surface area contributed by atoms with Crippen LogP contribution in [0.4, 0.5) is 8.78 Å². The van der Waals surface area contributed by atoms with Gasteiger partial charge in [0, 0.05) is 53.6 Å². The number of hydrogen-bond acceptors (Lipinski definition) is 21. The molecule has 0 amide bonds. The predicted molar refractivity (Wildman–Crippen MR) is 301 cm³/mol. The van der Waals surface area contributed by atoms with Crippen molar-refractivity contribution in [3.05, 3.63) is 130 Å². The fraction of sp³-hybridized carbons (Fsp3) is 0.463. The van der Waals surface area contributed by atoms with Crippen molar-refractivity contribution in [1.82, 2.24) is 19.9 Å². The van der Waals surface area contributed by atoms with Crippen LogP contribution < -0.4 is 4.74 Å². The normalized spacial score (nSPS) is 25.2. The second-order valence-electron chi connectivity index (χ2n) is 20.0. The Labute approximate surface area is 477 Å². The highest BCUT2D eigenvalue weighted by Crippen LogP contribution is 2.86. The third-order valence-corrected chi connectivity index (χ3v) is 29.3. The first-order valence-electron chi connectivity index (χ1n) is 26.4. The topological polar surface area (TPSA) is 233 Å². The lowest BCUT2D eigenvalue weighted by Crippen LogP contribution is -2.31. The first kappa shape index (κ1) is 61.4. The van der Waals surface area contributed by atoms with Gasteiger partial charge in [0.25, 0.3) is 0 Å². The molecular formula is C54H64F2N4O15P4S2. The number of benzene rings is 2. The van der Waals surface area contributed by atoms with Crippen molar-refractivity contribution in [2.24, 2.45) is 0 Å². The van der Waals surface area contributed by atoms with Gasteiger partial charge < -0.3 is 45.3 Å². The molecule has 0 radical (unpaired) electrons. The van der Waals surface area contributed by atoms with E-state index in [0.717, 1.165) is 32.8 Å². The minimum atomic E-state index is -4.13. The van der Waals surface area contributed by atoms with Gasteiger partial charge in [0.2, 0.25) is 5.89 Å². The van der Waals surface area contributed by atoms with Gasteiger partial charge in [-0.25, -0.2) is 18.7 Å². The van der Waals surface area contributed by atoms with E-state index in [9.17, 15) is 31.8 Å². The standard InChI is InChI=1S/C28H35FN2O7P2S.C26H29FN2O8P2S/c1-17-18(2)36-39(32,35-17)28(6,40(33)37-19(3)20(4)38-40)23-9-10-24(29)26(16-23)34-15-7-8-25-21(5)41-27(31-25)22-11-13-30-14-12-22;1-18-22(29-25(37-18)19-9-11-28-12-10-19)7-8-24(30)40-23-17-20(5-6-21(23)27)26(2,38(31)33-13-3-14-34-38)39(32)35-15-4-16-36-39/h9-14,16-20H,7-8,15H2,1-6H3;5-6,9-12,17H,3-4,7-8,13-16H2,1-2H3. The van der Waals surface area contributed by atoms with E-state index >= 15 is 0 Å². The van der Waals surface area contributed by atoms with Gasteiger partial charge in [-0.3, -0.25) is 33.0 Å². The minimum absolute atomic E-state index is 0.0182. The SMILES string of the molecule is Cc1oc(-c2ccncc2)nc1CCC(=O)Sc1cc(C(C)(P2(=O)OCCCO2)P2(=O)OCCCO2)ccc1F.Cc1sc(-c2ccncc2)nc1CCCOc1cc(C(C)(P2(=O)OC(C)C(C)O2)P2(=O)OC(C)C(C)O2)ccc1F. The molecule has 0 aliphatic carbocycles. The highest BCUT2D eigenvalue weighted by atomic mass is 32.2. The van der Waals surface area contributed by atoms with Crippen molar-refractivity contribution in [2.75, 3.05) is 33.0 Å². The number of pyridine rings is 2. The zero-order chi connectivity index (χ0) is 58.0. The number of thioether (sulfide) groups is 1. The van der Waals surface area contributed by atoms with Crippen molar-refractivity contribution >= 4 is 58.6 Å². The van der Waals surface area contributed by atoms with E-state index in [1.165, 1.54) is 44.2 Å². The Balaban J connectivity index is 0.000000196. The number of nitrogens with zero attached hydrogens (tertiary/aromatic N) is 4. The van der Waals surface area contributed by atoms with E-state index in [4.69, 9.17) is 50.3 Å². The van der Waals surface area contributed by atoms with Gasteiger partial charge in [0.15, 0.2) is 26.5 Å². The Bertz CT molecular complexity index is 3310. The van der Waals surface area contributed by atoms with Crippen LogP contribution in [0.2, 0.25) is 0 Å². The summed E-state index contributed by atoms with van der Waals surface area (Å²) >= 11 is 2.31. The summed E-state index contributed by atoms with van der Waals surface area (Å²) in [6.07, 6.45) is 7.27. The summed E-state index contributed by atoms with van der Waals surface area (Å²) in [5.74, 6) is -0.322. The zero-order valence-corrected chi connectivity index (χ0v) is 51.2. The number of hydrogen-bond donors (Lipinski definition) is 0. The van der Waals surface area contributed by atoms with Crippen molar-refractivity contribution in [2.45, 2.75) is 133 Å². The first-order valence-corrected chi connectivity index (χ1v) is 34.2. The molecule has 6 aromatic rings. The summed E-state index contributed by atoms with van der Waals surface area (Å²) in [6, 6.07) is 15.2. The van der Waals surface area contributed by atoms with E-state index in [2.05, 4.69) is 15.0 Å². The molecule has 2 aromatic carbocycles. The summed E-state index contributed by atoms with van der Waals surface area (Å²) < 4.78 is 144. The summed E-state index contributed by atoms with van der Waals surface area (Å²) in [5, 5.41) is 0.600. The Kier molecular flexibility index (Phi) is 19.1. The van der Waals surface area contributed by atoms with Gasteiger partial charge in [-0.2, -0.15) is 0 Å². The van der Waals surface area contributed by atoms with E-state index in [1.54, 1.807) is 82.9 Å². The van der Waals surface area contributed by atoms with Gasteiger partial charge in [-0.1, -0.05) is 12.1 Å². The van der Waals surface area contributed by atoms with Crippen LogP contribution in [-0.4, -0.2) is 82.5 Å². The van der Waals surface area contributed by atoms with Gasteiger partial charge in [-0.15, -0.1) is 11.3 Å². The molecule has 10 rings (SSSR count). The molecule has 8 heterocycles. The number of carbonyl (C=O) groups excluding carboxylic acids is 1. The second kappa shape index (κ2) is 25.2. The lowest BCUT2D eigenvalue weighted by Gasteiger charge is -2.43. The number of thiazole rings is 1. The molecule has 436 valence electrons. The molecule has 19 nitrogen and oxygen atoms in total. The summed E-state index contributed by atoms with van der Waals surface area (Å²) in [5.41, 5.74) is 3.75. The fourth-order valence-corrected chi connectivity index (χ4v) is 22.4. The summed E-state index contributed by atoms with van der Waals surface area (Å²) in [6.45, 7) is 14.4. The van der Waals surface area contributed by atoms with Crippen LogP contribution in [0.15, 0.2) is 94.8 Å². The number of halogens is 2. The fourth-order valence-electron chi connectivity index (χ4n) is 9.20. The van der Waals surface area contributed by atoms with Crippen LogP contribution in [0, 0.1) is 25.5 Å². The number of aromatic nitrogens is 4.